The highest BCUT2D eigenvalue weighted by molar-refractivity contribution is 6.08. The SMILES string of the molecule is [N-]=[N+]=C1C=C(C(=O)O)C=C(C(=O)O)C1. The minimum absolute atomic E-state index is 0.0160. The van der Waals surface area contributed by atoms with Crippen molar-refractivity contribution in [2.24, 2.45) is 0 Å². The highest BCUT2D eigenvalue weighted by atomic mass is 16.4. The molecule has 6 nitrogen and oxygen atoms in total. The number of allylic oxidation sites excluding steroid dienone is 1. The first kappa shape index (κ1) is 9.88. The van der Waals surface area contributed by atoms with Crippen molar-refractivity contribution in [3.05, 3.63) is 28.8 Å². The van der Waals surface area contributed by atoms with Gasteiger partial charge in [0.05, 0.1) is 12.0 Å². The Morgan fingerprint density at radius 3 is 2.36 bits per heavy atom. The van der Waals surface area contributed by atoms with Gasteiger partial charge in [0.2, 0.25) is 0 Å². The maximum absolute atomic E-state index is 10.6. The normalized spacial score (nSPS) is 15.3. The van der Waals surface area contributed by atoms with E-state index in [1.807, 2.05) is 0 Å². The number of carboxylic acids is 2. The molecule has 0 saturated heterocycles. The Bertz CT molecular complexity index is 413. The average molecular weight is 194 g/mol. The fourth-order valence-corrected chi connectivity index (χ4v) is 1.03. The Morgan fingerprint density at radius 2 is 1.93 bits per heavy atom. The van der Waals surface area contributed by atoms with Crippen molar-refractivity contribution in [2.45, 2.75) is 6.42 Å². The smallest absolute Gasteiger partial charge is 0.335 e. The molecule has 0 atom stereocenters. The molecular weight excluding hydrogens is 188 g/mol. The lowest BCUT2D eigenvalue weighted by Crippen LogP contribution is -2.14. The summed E-state index contributed by atoms with van der Waals surface area (Å²) >= 11 is 0. The van der Waals surface area contributed by atoms with E-state index in [-0.39, 0.29) is 23.3 Å². The van der Waals surface area contributed by atoms with Crippen molar-refractivity contribution >= 4 is 17.7 Å². The standard InChI is InChI=1S/C8H6N2O4/c9-10-6-2-4(7(11)12)1-5(3-6)8(13)14/h1-2H,3H2,(H,11,12)(H,13,14). The topological polar surface area (TPSA) is 111 Å². The van der Waals surface area contributed by atoms with Gasteiger partial charge in [0.25, 0.3) is 5.71 Å². The molecule has 1 rings (SSSR count). The number of hydrogen-bond donors (Lipinski definition) is 2. The third-order valence-electron chi connectivity index (χ3n) is 1.67. The van der Waals surface area contributed by atoms with Gasteiger partial charge in [-0.25, -0.2) is 9.59 Å². The summed E-state index contributed by atoms with van der Waals surface area (Å²) in [6.45, 7) is 0. The second-order valence-corrected chi connectivity index (χ2v) is 2.65. The van der Waals surface area contributed by atoms with Gasteiger partial charge in [0.1, 0.15) is 0 Å². The van der Waals surface area contributed by atoms with E-state index in [1.165, 1.54) is 0 Å². The minimum atomic E-state index is -1.26. The van der Waals surface area contributed by atoms with Crippen LogP contribution in [0.1, 0.15) is 6.42 Å². The first-order valence-electron chi connectivity index (χ1n) is 3.64. The molecule has 0 unspecified atom stereocenters. The van der Waals surface area contributed by atoms with Gasteiger partial charge in [-0.3, -0.25) is 0 Å². The molecule has 0 aliphatic heterocycles. The second kappa shape index (κ2) is 3.68. The van der Waals surface area contributed by atoms with Crippen LogP contribution >= 0.6 is 0 Å². The van der Waals surface area contributed by atoms with Gasteiger partial charge in [0, 0.05) is 11.6 Å². The molecule has 14 heavy (non-hydrogen) atoms. The minimum Gasteiger partial charge on any atom is -0.478 e. The lowest BCUT2D eigenvalue weighted by Gasteiger charge is -2.03. The number of hydrogen-bond acceptors (Lipinski definition) is 2. The number of aliphatic carboxylic acids is 2. The van der Waals surface area contributed by atoms with Crippen molar-refractivity contribution in [2.75, 3.05) is 0 Å². The van der Waals surface area contributed by atoms with Crippen molar-refractivity contribution in [3.63, 3.8) is 0 Å². The van der Waals surface area contributed by atoms with Crippen LogP contribution in [0.2, 0.25) is 0 Å². The van der Waals surface area contributed by atoms with Crippen LogP contribution in [0.5, 0.6) is 0 Å². The van der Waals surface area contributed by atoms with E-state index >= 15 is 0 Å². The van der Waals surface area contributed by atoms with E-state index < -0.39 is 11.9 Å². The number of carboxylic acid groups (broad SMARTS) is 2. The third kappa shape index (κ3) is 1.94. The van der Waals surface area contributed by atoms with Crippen LogP contribution in [0.25, 0.3) is 5.53 Å². The Morgan fingerprint density at radius 1 is 1.29 bits per heavy atom. The summed E-state index contributed by atoms with van der Waals surface area (Å²) in [7, 11) is 0. The van der Waals surface area contributed by atoms with Crippen molar-refractivity contribution in [3.8, 4) is 0 Å². The zero-order chi connectivity index (χ0) is 10.7. The van der Waals surface area contributed by atoms with Crippen molar-refractivity contribution in [1.29, 1.82) is 0 Å². The summed E-state index contributed by atoms with van der Waals surface area (Å²) in [5, 5.41) is 17.2. The zero-order valence-corrected chi connectivity index (χ0v) is 6.97. The molecule has 0 aromatic heterocycles. The molecule has 0 spiro atoms. The van der Waals surface area contributed by atoms with Crippen LogP contribution < -0.4 is 0 Å². The van der Waals surface area contributed by atoms with E-state index in [0.29, 0.717) is 0 Å². The third-order valence-corrected chi connectivity index (χ3v) is 1.67. The Balaban J connectivity index is 3.17. The van der Waals surface area contributed by atoms with Crippen LogP contribution in [0.4, 0.5) is 0 Å². The molecule has 0 aromatic carbocycles. The molecule has 0 aromatic rings. The fraction of sp³-hybridized carbons (Fsp3) is 0.125. The molecule has 0 radical (unpaired) electrons. The molecule has 1 aliphatic rings. The largest absolute Gasteiger partial charge is 0.478 e. The van der Waals surface area contributed by atoms with Crippen LogP contribution in [0.3, 0.4) is 0 Å². The predicted octanol–water partition coefficient (Wildman–Crippen LogP) is 0.0829. The monoisotopic (exact) mass is 194 g/mol. The van der Waals surface area contributed by atoms with Gasteiger partial charge in [-0.2, -0.15) is 4.79 Å². The lowest BCUT2D eigenvalue weighted by molar-refractivity contribution is -0.132. The predicted molar refractivity (Wildman–Crippen MR) is 44.7 cm³/mol. The van der Waals surface area contributed by atoms with Gasteiger partial charge < -0.3 is 15.7 Å². The lowest BCUT2D eigenvalue weighted by atomic mass is 9.98. The molecule has 2 N–H and O–H groups in total. The summed E-state index contributed by atoms with van der Waals surface area (Å²) < 4.78 is 0. The molecule has 1 aliphatic carbocycles. The average Bonchev–Trinajstić information content (AvgIpc) is 2.16. The van der Waals surface area contributed by atoms with Crippen LogP contribution in [-0.4, -0.2) is 32.7 Å². The van der Waals surface area contributed by atoms with E-state index in [0.717, 1.165) is 12.2 Å². The maximum atomic E-state index is 10.6. The molecule has 0 amide bonds. The molecule has 0 fully saturated rings. The number of nitrogens with zero attached hydrogens (tertiary/aromatic N) is 2. The Labute approximate surface area is 78.4 Å². The molecule has 0 saturated carbocycles. The van der Waals surface area contributed by atoms with E-state index in [1.54, 1.807) is 0 Å². The first-order chi connectivity index (χ1) is 6.54. The summed E-state index contributed by atoms with van der Waals surface area (Å²) in [5.74, 6) is -2.48. The molecule has 0 bridgehead atoms. The molecule has 0 heterocycles. The Kier molecular flexibility index (Phi) is 2.59. The van der Waals surface area contributed by atoms with Crippen LogP contribution in [-0.2, 0) is 9.59 Å². The zero-order valence-electron chi connectivity index (χ0n) is 6.97. The number of carbonyl (C=O) groups is 2. The summed E-state index contributed by atoms with van der Waals surface area (Å²) in [6, 6.07) is 0. The Hall–Kier alpha value is -2.20. The van der Waals surface area contributed by atoms with Gasteiger partial charge in [-0.1, -0.05) is 0 Å². The molecule has 6 heteroatoms. The number of rotatable bonds is 2. The van der Waals surface area contributed by atoms with Crippen molar-refractivity contribution < 1.29 is 24.6 Å². The van der Waals surface area contributed by atoms with E-state index in [2.05, 4.69) is 4.79 Å². The first-order valence-corrected chi connectivity index (χ1v) is 3.64. The fourth-order valence-electron chi connectivity index (χ4n) is 1.03. The van der Waals surface area contributed by atoms with Gasteiger partial charge in [-0.15, -0.1) is 0 Å². The van der Waals surface area contributed by atoms with Gasteiger partial charge in [0.15, 0.2) is 0 Å². The molecule has 72 valence electrons. The van der Waals surface area contributed by atoms with Crippen LogP contribution in [0.15, 0.2) is 23.3 Å². The highest BCUT2D eigenvalue weighted by Gasteiger charge is 2.23. The summed E-state index contributed by atoms with van der Waals surface area (Å²) in [4.78, 5) is 23.9. The van der Waals surface area contributed by atoms with E-state index in [4.69, 9.17) is 15.7 Å². The highest BCUT2D eigenvalue weighted by Crippen LogP contribution is 2.15. The van der Waals surface area contributed by atoms with Gasteiger partial charge >= 0.3 is 11.9 Å². The second-order valence-electron chi connectivity index (χ2n) is 2.65. The molecular formula is C8H6N2O4. The quantitative estimate of drug-likeness (QED) is 0.479. The van der Waals surface area contributed by atoms with Gasteiger partial charge in [-0.05, 0) is 6.08 Å². The summed E-state index contributed by atoms with van der Waals surface area (Å²) in [5.41, 5.74) is 8.12. The maximum Gasteiger partial charge on any atom is 0.335 e. The van der Waals surface area contributed by atoms with Crippen molar-refractivity contribution in [1.82, 2.24) is 0 Å². The van der Waals surface area contributed by atoms with E-state index in [9.17, 15) is 9.59 Å². The summed E-state index contributed by atoms with van der Waals surface area (Å²) in [6.07, 6.45) is 2.08. The van der Waals surface area contributed by atoms with Crippen LogP contribution in [0, 0.1) is 0 Å².